The fraction of sp³-hybridized carbons (Fsp3) is 0.429. The largest absolute Gasteiger partial charge is 0.411 e. The third kappa shape index (κ3) is 4.05. The van der Waals surface area contributed by atoms with E-state index in [1.54, 1.807) is 24.5 Å². The Morgan fingerprint density at radius 3 is 3.00 bits per heavy atom. The summed E-state index contributed by atoms with van der Waals surface area (Å²) in [5.41, 5.74) is 0.803. The van der Waals surface area contributed by atoms with Crippen molar-refractivity contribution in [3.8, 4) is 11.5 Å². The van der Waals surface area contributed by atoms with Gasteiger partial charge < -0.3 is 14.5 Å². The highest BCUT2D eigenvalue weighted by Gasteiger charge is 2.16. The van der Waals surface area contributed by atoms with Crippen LogP contribution >= 0.6 is 11.8 Å². The van der Waals surface area contributed by atoms with Gasteiger partial charge in [0.05, 0.1) is 11.9 Å². The molecule has 1 atom stereocenters. The SMILES string of the molecule is O=C(CSc1nnc(-c2ccncc2)o1)NCC1CCCO1. The van der Waals surface area contributed by atoms with Crippen molar-refractivity contribution in [3.05, 3.63) is 24.5 Å². The molecular formula is C14H16N4O3S. The van der Waals surface area contributed by atoms with E-state index in [-0.39, 0.29) is 17.8 Å². The van der Waals surface area contributed by atoms with Crippen LogP contribution in [0.3, 0.4) is 0 Å². The fourth-order valence-electron chi connectivity index (χ4n) is 2.09. The van der Waals surface area contributed by atoms with E-state index < -0.39 is 0 Å². The lowest BCUT2D eigenvalue weighted by molar-refractivity contribution is -0.119. The van der Waals surface area contributed by atoms with Gasteiger partial charge in [0, 0.05) is 31.1 Å². The number of thioether (sulfide) groups is 1. The van der Waals surface area contributed by atoms with Crippen molar-refractivity contribution in [3.63, 3.8) is 0 Å². The lowest BCUT2D eigenvalue weighted by Gasteiger charge is -2.09. The van der Waals surface area contributed by atoms with Crippen molar-refractivity contribution in [2.45, 2.75) is 24.2 Å². The highest BCUT2D eigenvalue weighted by Crippen LogP contribution is 2.22. The Morgan fingerprint density at radius 1 is 1.36 bits per heavy atom. The van der Waals surface area contributed by atoms with E-state index >= 15 is 0 Å². The standard InChI is InChI=1S/C14H16N4O3S/c19-12(16-8-11-2-1-7-20-11)9-22-14-18-17-13(21-14)10-3-5-15-6-4-10/h3-6,11H,1-2,7-9H2,(H,16,19). The summed E-state index contributed by atoms with van der Waals surface area (Å²) >= 11 is 1.22. The maximum atomic E-state index is 11.8. The number of nitrogens with zero attached hydrogens (tertiary/aromatic N) is 3. The lowest BCUT2D eigenvalue weighted by atomic mass is 10.2. The molecule has 3 rings (SSSR count). The minimum absolute atomic E-state index is 0.0656. The summed E-state index contributed by atoms with van der Waals surface area (Å²) in [7, 11) is 0. The molecule has 1 amide bonds. The molecule has 3 heterocycles. The van der Waals surface area contributed by atoms with E-state index in [2.05, 4.69) is 20.5 Å². The van der Waals surface area contributed by atoms with Crippen molar-refractivity contribution in [2.24, 2.45) is 0 Å². The van der Waals surface area contributed by atoms with Gasteiger partial charge in [-0.15, -0.1) is 10.2 Å². The van der Waals surface area contributed by atoms with Crippen LogP contribution in [0.5, 0.6) is 0 Å². The van der Waals surface area contributed by atoms with Gasteiger partial charge in [-0.1, -0.05) is 11.8 Å². The van der Waals surface area contributed by atoms with E-state index in [9.17, 15) is 4.79 Å². The van der Waals surface area contributed by atoms with Gasteiger partial charge in [-0.05, 0) is 25.0 Å². The van der Waals surface area contributed by atoms with Crippen LogP contribution in [0.25, 0.3) is 11.5 Å². The first-order valence-corrected chi connectivity index (χ1v) is 8.05. The molecule has 1 unspecified atom stereocenters. The summed E-state index contributed by atoms with van der Waals surface area (Å²) in [6.07, 6.45) is 5.53. The van der Waals surface area contributed by atoms with Gasteiger partial charge in [-0.2, -0.15) is 0 Å². The van der Waals surface area contributed by atoms with Crippen LogP contribution in [0.15, 0.2) is 34.2 Å². The van der Waals surface area contributed by atoms with Crippen LogP contribution in [-0.4, -0.2) is 46.1 Å². The monoisotopic (exact) mass is 320 g/mol. The van der Waals surface area contributed by atoms with Crippen LogP contribution < -0.4 is 5.32 Å². The van der Waals surface area contributed by atoms with E-state index in [4.69, 9.17) is 9.15 Å². The second-order valence-corrected chi connectivity index (χ2v) is 5.76. The van der Waals surface area contributed by atoms with E-state index in [1.807, 2.05) is 0 Å². The van der Waals surface area contributed by atoms with E-state index in [0.717, 1.165) is 25.0 Å². The van der Waals surface area contributed by atoms with Gasteiger partial charge in [-0.25, -0.2) is 0 Å². The Labute approximate surface area is 131 Å². The molecule has 1 saturated heterocycles. The predicted octanol–water partition coefficient (Wildman–Crippen LogP) is 1.52. The van der Waals surface area contributed by atoms with Gasteiger partial charge in [0.15, 0.2) is 0 Å². The molecule has 2 aromatic heterocycles. The molecule has 116 valence electrons. The fourth-order valence-corrected chi connectivity index (χ4v) is 2.68. The summed E-state index contributed by atoms with van der Waals surface area (Å²) in [4.78, 5) is 15.7. The summed E-state index contributed by atoms with van der Waals surface area (Å²) < 4.78 is 11.0. The second kappa shape index (κ2) is 7.37. The highest BCUT2D eigenvalue weighted by molar-refractivity contribution is 7.99. The molecule has 8 heteroatoms. The molecule has 1 N–H and O–H groups in total. The summed E-state index contributed by atoms with van der Waals surface area (Å²) in [6, 6.07) is 3.58. The minimum Gasteiger partial charge on any atom is -0.411 e. The number of aromatic nitrogens is 3. The number of nitrogens with one attached hydrogen (secondary N) is 1. The van der Waals surface area contributed by atoms with Gasteiger partial charge in [0.25, 0.3) is 5.22 Å². The molecule has 0 bridgehead atoms. The van der Waals surface area contributed by atoms with Gasteiger partial charge in [-0.3, -0.25) is 9.78 Å². The topological polar surface area (TPSA) is 90.1 Å². The Hall–Kier alpha value is -1.93. The smallest absolute Gasteiger partial charge is 0.277 e. The van der Waals surface area contributed by atoms with Crippen molar-refractivity contribution in [1.82, 2.24) is 20.5 Å². The zero-order valence-electron chi connectivity index (χ0n) is 11.9. The molecule has 0 spiro atoms. The highest BCUT2D eigenvalue weighted by atomic mass is 32.2. The molecule has 0 aliphatic carbocycles. The molecule has 0 saturated carbocycles. The molecule has 0 radical (unpaired) electrons. The molecule has 1 fully saturated rings. The third-order valence-electron chi connectivity index (χ3n) is 3.21. The number of ether oxygens (including phenoxy) is 1. The minimum atomic E-state index is -0.0656. The number of carbonyl (C=O) groups is 1. The number of hydrogen-bond acceptors (Lipinski definition) is 7. The number of hydrogen-bond donors (Lipinski definition) is 1. The zero-order valence-corrected chi connectivity index (χ0v) is 12.7. The van der Waals surface area contributed by atoms with Crippen LogP contribution in [0.2, 0.25) is 0 Å². The Kier molecular flexibility index (Phi) is 5.02. The molecule has 2 aromatic rings. The average Bonchev–Trinajstić information content (AvgIpc) is 3.23. The molecule has 1 aliphatic heterocycles. The molecule has 1 aliphatic rings. The first kappa shape index (κ1) is 15.0. The van der Waals surface area contributed by atoms with Gasteiger partial charge in [0.2, 0.25) is 11.8 Å². The van der Waals surface area contributed by atoms with Crippen molar-refractivity contribution < 1.29 is 13.9 Å². The van der Waals surface area contributed by atoms with Crippen LogP contribution in [-0.2, 0) is 9.53 Å². The maximum absolute atomic E-state index is 11.8. The summed E-state index contributed by atoms with van der Waals surface area (Å²) in [5, 5.41) is 11.1. The number of pyridine rings is 1. The normalized spacial score (nSPS) is 17.5. The zero-order chi connectivity index (χ0) is 15.2. The Bertz CT molecular complexity index is 614. The number of amides is 1. The first-order valence-electron chi connectivity index (χ1n) is 7.06. The van der Waals surface area contributed by atoms with Crippen LogP contribution in [0.1, 0.15) is 12.8 Å². The van der Waals surface area contributed by atoms with Crippen molar-refractivity contribution in [1.29, 1.82) is 0 Å². The Morgan fingerprint density at radius 2 is 2.23 bits per heavy atom. The van der Waals surface area contributed by atoms with Crippen molar-refractivity contribution >= 4 is 17.7 Å². The first-order chi connectivity index (χ1) is 10.8. The quantitative estimate of drug-likeness (QED) is 0.807. The number of carbonyl (C=O) groups excluding carboxylic acids is 1. The third-order valence-corrected chi connectivity index (χ3v) is 4.03. The molecule has 0 aromatic carbocycles. The Balaban J connectivity index is 1.45. The van der Waals surface area contributed by atoms with E-state index in [1.165, 1.54) is 11.8 Å². The second-order valence-electron chi connectivity index (χ2n) is 4.84. The predicted molar refractivity (Wildman–Crippen MR) is 80.2 cm³/mol. The average molecular weight is 320 g/mol. The lowest BCUT2D eigenvalue weighted by Crippen LogP contribution is -2.32. The van der Waals surface area contributed by atoms with Crippen LogP contribution in [0, 0.1) is 0 Å². The van der Waals surface area contributed by atoms with Gasteiger partial charge >= 0.3 is 0 Å². The molecule has 22 heavy (non-hydrogen) atoms. The maximum Gasteiger partial charge on any atom is 0.277 e. The molecular weight excluding hydrogens is 304 g/mol. The van der Waals surface area contributed by atoms with Crippen LogP contribution in [0.4, 0.5) is 0 Å². The number of rotatable bonds is 6. The van der Waals surface area contributed by atoms with E-state index in [0.29, 0.717) is 17.7 Å². The molecule has 7 nitrogen and oxygen atoms in total. The summed E-state index contributed by atoms with van der Waals surface area (Å²) in [6.45, 7) is 1.35. The summed E-state index contributed by atoms with van der Waals surface area (Å²) in [5.74, 6) is 0.596. The van der Waals surface area contributed by atoms with Gasteiger partial charge in [0.1, 0.15) is 0 Å². The van der Waals surface area contributed by atoms with Crippen molar-refractivity contribution in [2.75, 3.05) is 18.9 Å².